The van der Waals surface area contributed by atoms with Gasteiger partial charge in [0, 0.05) is 68.3 Å². The molecule has 3 aliphatic heterocycles. The summed E-state index contributed by atoms with van der Waals surface area (Å²) in [4.78, 5) is 7.54. The second kappa shape index (κ2) is 7.99. The van der Waals surface area contributed by atoms with E-state index in [2.05, 4.69) is 33.9 Å². The molecule has 1 unspecified atom stereocenters. The number of rotatable bonds is 5. The second-order valence-electron chi connectivity index (χ2n) is 8.78. The van der Waals surface area contributed by atoms with Crippen molar-refractivity contribution in [3.05, 3.63) is 35.7 Å². The van der Waals surface area contributed by atoms with Crippen molar-refractivity contribution in [3.63, 3.8) is 0 Å². The van der Waals surface area contributed by atoms with Gasteiger partial charge < -0.3 is 14.2 Å². The van der Waals surface area contributed by atoms with E-state index in [0.717, 1.165) is 32.7 Å². The molecule has 152 valence electrons. The summed E-state index contributed by atoms with van der Waals surface area (Å²) in [6.45, 7) is 8.58. The predicted octanol–water partition coefficient (Wildman–Crippen LogP) is 3.39. The van der Waals surface area contributed by atoms with Gasteiger partial charge in [0.15, 0.2) is 0 Å². The molecule has 6 heteroatoms. The van der Waals surface area contributed by atoms with Crippen LogP contribution in [0, 0.1) is 5.92 Å². The summed E-state index contributed by atoms with van der Waals surface area (Å²) in [5.41, 5.74) is 2.70. The van der Waals surface area contributed by atoms with Gasteiger partial charge in [-0.25, -0.2) is 4.98 Å². The quantitative estimate of drug-likeness (QED) is 0.794. The molecule has 28 heavy (non-hydrogen) atoms. The van der Waals surface area contributed by atoms with Crippen molar-refractivity contribution >= 4 is 0 Å². The Morgan fingerprint density at radius 1 is 1.14 bits per heavy atom. The van der Waals surface area contributed by atoms with Crippen LogP contribution in [0.3, 0.4) is 0 Å². The number of nitrogens with zero attached hydrogens (tertiary/aromatic N) is 5. The molecule has 5 rings (SSSR count). The Balaban J connectivity index is 1.26. The third-order valence-corrected chi connectivity index (χ3v) is 6.92. The minimum atomic E-state index is 0.208. The van der Waals surface area contributed by atoms with Crippen LogP contribution in [0.1, 0.15) is 68.1 Å². The van der Waals surface area contributed by atoms with Gasteiger partial charge >= 0.3 is 0 Å². The Kier molecular flexibility index (Phi) is 5.24. The van der Waals surface area contributed by atoms with Gasteiger partial charge in [-0.05, 0) is 52.0 Å². The molecule has 0 spiro atoms. The van der Waals surface area contributed by atoms with E-state index in [9.17, 15) is 0 Å². The van der Waals surface area contributed by atoms with Gasteiger partial charge in [-0.2, -0.15) is 5.10 Å². The number of likely N-dealkylation sites (tertiary alicyclic amines) is 1. The largest absolute Gasteiger partial charge is 0.373 e. The van der Waals surface area contributed by atoms with Gasteiger partial charge in [-0.15, -0.1) is 0 Å². The molecule has 2 aromatic heterocycles. The van der Waals surface area contributed by atoms with Gasteiger partial charge in [0.25, 0.3) is 0 Å². The van der Waals surface area contributed by atoms with Gasteiger partial charge in [0.1, 0.15) is 5.82 Å². The first kappa shape index (κ1) is 18.4. The SMILES string of the molecule is CCn1cc([C@@H]2OCC[C@H]2CN2CCCC(c3ncc4n3CCCC4)C2)cn1. The van der Waals surface area contributed by atoms with Crippen LogP contribution < -0.4 is 0 Å². The van der Waals surface area contributed by atoms with Crippen molar-refractivity contribution in [2.45, 2.75) is 70.6 Å². The van der Waals surface area contributed by atoms with Crippen LogP contribution in [-0.2, 0) is 24.2 Å². The lowest BCUT2D eigenvalue weighted by molar-refractivity contribution is 0.0727. The van der Waals surface area contributed by atoms with Gasteiger partial charge in [-0.3, -0.25) is 4.68 Å². The molecule has 0 amide bonds. The summed E-state index contributed by atoms with van der Waals surface area (Å²) in [5.74, 6) is 2.51. The number of piperidine rings is 1. The molecule has 0 aromatic carbocycles. The first-order chi connectivity index (χ1) is 13.8. The van der Waals surface area contributed by atoms with Gasteiger partial charge in [0.05, 0.1) is 12.3 Å². The van der Waals surface area contributed by atoms with Crippen LogP contribution in [0.5, 0.6) is 0 Å². The maximum atomic E-state index is 6.13. The summed E-state index contributed by atoms with van der Waals surface area (Å²) in [6, 6.07) is 0. The number of aromatic nitrogens is 4. The molecule has 6 nitrogen and oxygen atoms in total. The normalized spacial score (nSPS) is 28.5. The first-order valence-corrected chi connectivity index (χ1v) is 11.2. The minimum Gasteiger partial charge on any atom is -0.373 e. The molecule has 2 saturated heterocycles. The lowest BCUT2D eigenvalue weighted by atomic mass is 9.92. The van der Waals surface area contributed by atoms with Crippen molar-refractivity contribution < 1.29 is 4.74 Å². The summed E-state index contributed by atoms with van der Waals surface area (Å²) in [7, 11) is 0. The topological polar surface area (TPSA) is 48.1 Å². The molecular weight excluding hydrogens is 350 g/mol. The maximum Gasteiger partial charge on any atom is 0.113 e. The van der Waals surface area contributed by atoms with E-state index in [4.69, 9.17) is 9.72 Å². The Bertz CT molecular complexity index is 797. The fourth-order valence-corrected chi connectivity index (χ4v) is 5.44. The Hall–Kier alpha value is -1.66. The van der Waals surface area contributed by atoms with Crippen LogP contribution in [0.15, 0.2) is 18.6 Å². The molecule has 0 bridgehead atoms. The van der Waals surface area contributed by atoms with E-state index in [0.29, 0.717) is 11.8 Å². The monoisotopic (exact) mass is 383 g/mol. The van der Waals surface area contributed by atoms with Crippen molar-refractivity contribution in [2.24, 2.45) is 5.92 Å². The zero-order valence-electron chi connectivity index (χ0n) is 17.1. The average Bonchev–Trinajstić information content (AvgIpc) is 3.47. The molecule has 3 atom stereocenters. The van der Waals surface area contributed by atoms with Crippen LogP contribution in [0.2, 0.25) is 0 Å². The highest BCUT2D eigenvalue weighted by molar-refractivity contribution is 5.14. The van der Waals surface area contributed by atoms with Crippen LogP contribution >= 0.6 is 0 Å². The van der Waals surface area contributed by atoms with E-state index in [1.54, 1.807) is 0 Å². The van der Waals surface area contributed by atoms with E-state index in [-0.39, 0.29) is 6.10 Å². The number of hydrogen-bond acceptors (Lipinski definition) is 4. The summed E-state index contributed by atoms with van der Waals surface area (Å²) in [6.07, 6.45) is 14.1. The lowest BCUT2D eigenvalue weighted by Crippen LogP contribution is -2.39. The summed E-state index contributed by atoms with van der Waals surface area (Å²) < 4.78 is 10.7. The van der Waals surface area contributed by atoms with Crippen LogP contribution in [0.25, 0.3) is 0 Å². The van der Waals surface area contributed by atoms with E-state index in [1.807, 2.05) is 10.9 Å². The smallest absolute Gasteiger partial charge is 0.113 e. The van der Waals surface area contributed by atoms with E-state index in [1.165, 1.54) is 62.3 Å². The number of aryl methyl sites for hydroxylation is 2. The number of hydrogen-bond donors (Lipinski definition) is 0. The zero-order chi connectivity index (χ0) is 18.9. The third kappa shape index (κ3) is 3.52. The number of ether oxygens (including phenoxy) is 1. The van der Waals surface area contributed by atoms with Crippen molar-refractivity contribution in [2.75, 3.05) is 26.2 Å². The molecule has 0 saturated carbocycles. The average molecular weight is 384 g/mol. The Morgan fingerprint density at radius 2 is 2.11 bits per heavy atom. The van der Waals surface area contributed by atoms with Gasteiger partial charge in [0.2, 0.25) is 0 Å². The zero-order valence-corrected chi connectivity index (χ0v) is 17.1. The third-order valence-electron chi connectivity index (χ3n) is 6.92. The van der Waals surface area contributed by atoms with E-state index < -0.39 is 0 Å². The fraction of sp³-hybridized carbons (Fsp3) is 0.727. The van der Waals surface area contributed by atoms with Gasteiger partial charge in [-0.1, -0.05) is 0 Å². The van der Waals surface area contributed by atoms with E-state index >= 15 is 0 Å². The highest BCUT2D eigenvalue weighted by Gasteiger charge is 2.34. The highest BCUT2D eigenvalue weighted by atomic mass is 16.5. The predicted molar refractivity (Wildman–Crippen MR) is 108 cm³/mol. The minimum absolute atomic E-state index is 0.208. The Labute approximate surface area is 167 Å². The molecule has 0 N–H and O–H groups in total. The molecule has 0 aliphatic carbocycles. The van der Waals surface area contributed by atoms with Crippen LogP contribution in [-0.4, -0.2) is 50.5 Å². The highest BCUT2D eigenvalue weighted by Crippen LogP contribution is 2.36. The number of imidazole rings is 1. The molecule has 3 aliphatic rings. The van der Waals surface area contributed by atoms with Crippen molar-refractivity contribution in [1.29, 1.82) is 0 Å². The summed E-state index contributed by atoms with van der Waals surface area (Å²) >= 11 is 0. The lowest BCUT2D eigenvalue weighted by Gasteiger charge is -2.35. The number of fused-ring (bicyclic) bond motifs is 1. The second-order valence-corrected chi connectivity index (χ2v) is 8.78. The molecule has 0 radical (unpaired) electrons. The molecular formula is C22H33N5O. The molecule has 5 heterocycles. The maximum absolute atomic E-state index is 6.13. The van der Waals surface area contributed by atoms with Crippen molar-refractivity contribution in [1.82, 2.24) is 24.2 Å². The van der Waals surface area contributed by atoms with Crippen LogP contribution in [0.4, 0.5) is 0 Å². The summed E-state index contributed by atoms with van der Waals surface area (Å²) in [5, 5.41) is 4.46. The molecule has 2 fully saturated rings. The standard InChI is InChI=1S/C22H33N5O/c1-2-26-16-19(12-24-26)21-17(8-11-28-21)14-25-9-5-6-18(15-25)22-23-13-20-7-3-4-10-27(20)22/h12-13,16-18,21H,2-11,14-15H2,1H3/t17-,18?,21+/m0/s1. The molecule has 2 aromatic rings. The first-order valence-electron chi connectivity index (χ1n) is 11.2. The fourth-order valence-electron chi connectivity index (χ4n) is 5.44. The Morgan fingerprint density at radius 3 is 3.00 bits per heavy atom. The van der Waals surface area contributed by atoms with Crippen molar-refractivity contribution in [3.8, 4) is 0 Å².